The van der Waals surface area contributed by atoms with E-state index in [9.17, 15) is 32.9 Å². The summed E-state index contributed by atoms with van der Waals surface area (Å²) in [5.41, 5.74) is -0.912. The van der Waals surface area contributed by atoms with Crippen molar-refractivity contribution in [1.82, 2.24) is 10.2 Å². The zero-order valence-electron chi connectivity index (χ0n) is 16.0. The number of nitrogens with zero attached hydrogens (tertiary/aromatic N) is 2. The van der Waals surface area contributed by atoms with Gasteiger partial charge in [-0.1, -0.05) is 13.8 Å². The van der Waals surface area contributed by atoms with Crippen LogP contribution in [0.1, 0.15) is 37.0 Å². The molecule has 1 fully saturated rings. The fourth-order valence-corrected chi connectivity index (χ4v) is 2.98. The fraction of sp³-hybridized carbons (Fsp3) is 0.556. The summed E-state index contributed by atoms with van der Waals surface area (Å²) in [6.07, 6.45) is -3.63. The Balaban J connectivity index is 2.07. The molecule has 0 bridgehead atoms. The second kappa shape index (κ2) is 9.10. The molecule has 0 aliphatic carbocycles. The minimum atomic E-state index is -4.58. The number of carbonyl (C=O) groups is 2. The van der Waals surface area contributed by atoms with Crippen molar-refractivity contribution in [1.29, 1.82) is 0 Å². The van der Waals surface area contributed by atoms with Gasteiger partial charge < -0.3 is 15.0 Å². The molecular weight excluding hydrogens is 395 g/mol. The first-order valence-electron chi connectivity index (χ1n) is 9.05. The molecule has 0 unspecified atom stereocenters. The highest BCUT2D eigenvalue weighted by Crippen LogP contribution is 2.26. The number of amides is 2. The second-order valence-electron chi connectivity index (χ2n) is 7.07. The number of benzene rings is 1. The molecule has 1 N–H and O–H groups in total. The van der Waals surface area contributed by atoms with Gasteiger partial charge in [0.25, 0.3) is 11.6 Å². The maximum Gasteiger partial charge on any atom is 0.422 e. The summed E-state index contributed by atoms with van der Waals surface area (Å²) in [5.74, 6) is -1.19. The lowest BCUT2D eigenvalue weighted by Gasteiger charge is -2.33. The van der Waals surface area contributed by atoms with Crippen LogP contribution in [0, 0.1) is 16.0 Å². The highest BCUT2D eigenvalue weighted by atomic mass is 19.4. The highest BCUT2D eigenvalue weighted by Gasteiger charge is 2.30. The normalized spacial score (nSPS) is 15.3. The Labute approximate surface area is 165 Å². The Morgan fingerprint density at radius 1 is 1.31 bits per heavy atom. The minimum Gasteiger partial charge on any atom is -0.484 e. The smallest absolute Gasteiger partial charge is 0.422 e. The number of piperidine rings is 1. The van der Waals surface area contributed by atoms with Gasteiger partial charge in [-0.15, -0.1) is 0 Å². The molecule has 160 valence electrons. The van der Waals surface area contributed by atoms with E-state index in [0.717, 1.165) is 18.2 Å². The number of rotatable bonds is 6. The Morgan fingerprint density at radius 3 is 2.45 bits per heavy atom. The van der Waals surface area contributed by atoms with Crippen molar-refractivity contribution in [2.45, 2.75) is 38.9 Å². The lowest BCUT2D eigenvalue weighted by molar-refractivity contribution is -0.385. The van der Waals surface area contributed by atoms with Crippen molar-refractivity contribution >= 4 is 17.5 Å². The molecule has 2 amide bonds. The number of likely N-dealkylation sites (tertiary alicyclic amines) is 1. The molecule has 0 spiro atoms. The topological polar surface area (TPSA) is 102 Å². The zero-order valence-corrected chi connectivity index (χ0v) is 16.0. The van der Waals surface area contributed by atoms with Crippen LogP contribution in [0.15, 0.2) is 18.2 Å². The molecule has 0 atom stereocenters. The van der Waals surface area contributed by atoms with Crippen LogP contribution in [0.5, 0.6) is 5.75 Å². The third kappa shape index (κ3) is 6.33. The Hall–Kier alpha value is -2.85. The average molecular weight is 417 g/mol. The predicted octanol–water partition coefficient (Wildman–Crippen LogP) is 2.91. The monoisotopic (exact) mass is 417 g/mol. The average Bonchev–Trinajstić information content (AvgIpc) is 2.65. The van der Waals surface area contributed by atoms with E-state index in [-0.39, 0.29) is 29.2 Å². The molecule has 0 aromatic heterocycles. The first kappa shape index (κ1) is 22.4. The number of carbonyl (C=O) groups excluding carboxylic acids is 2. The summed E-state index contributed by atoms with van der Waals surface area (Å²) < 4.78 is 41.5. The molecule has 1 aromatic rings. The molecule has 1 saturated heterocycles. The number of halogens is 3. The Bertz CT molecular complexity index is 774. The van der Waals surface area contributed by atoms with E-state index in [1.807, 2.05) is 0 Å². The van der Waals surface area contributed by atoms with Crippen molar-refractivity contribution in [3.8, 4) is 5.75 Å². The van der Waals surface area contributed by atoms with Gasteiger partial charge in [-0.25, -0.2) is 0 Å². The van der Waals surface area contributed by atoms with Gasteiger partial charge in [-0.3, -0.25) is 19.7 Å². The summed E-state index contributed by atoms with van der Waals surface area (Å²) >= 11 is 0. The SMILES string of the molecule is CC(C)C(=O)N1CCC(NC(=O)c2cc(OCC(F)(F)F)ccc2[N+](=O)[O-])CC1. The molecule has 0 saturated carbocycles. The van der Waals surface area contributed by atoms with E-state index in [0.29, 0.717) is 25.9 Å². The number of ether oxygens (including phenoxy) is 1. The van der Waals surface area contributed by atoms with Crippen molar-refractivity contribution in [2.24, 2.45) is 5.92 Å². The largest absolute Gasteiger partial charge is 0.484 e. The van der Waals surface area contributed by atoms with Crippen molar-refractivity contribution < 1.29 is 32.4 Å². The molecule has 1 aliphatic rings. The van der Waals surface area contributed by atoms with E-state index < -0.39 is 29.3 Å². The van der Waals surface area contributed by atoms with Crippen molar-refractivity contribution in [3.63, 3.8) is 0 Å². The third-order valence-corrected chi connectivity index (χ3v) is 4.45. The van der Waals surface area contributed by atoms with Gasteiger partial charge in [0.2, 0.25) is 5.91 Å². The maximum atomic E-state index is 12.5. The summed E-state index contributed by atoms with van der Waals surface area (Å²) in [5, 5.41) is 13.8. The highest BCUT2D eigenvalue weighted by molar-refractivity contribution is 5.98. The zero-order chi connectivity index (χ0) is 21.8. The van der Waals surface area contributed by atoms with E-state index in [4.69, 9.17) is 0 Å². The maximum absolute atomic E-state index is 12.5. The van der Waals surface area contributed by atoms with E-state index in [2.05, 4.69) is 10.1 Å². The van der Waals surface area contributed by atoms with Crippen LogP contribution in [0.4, 0.5) is 18.9 Å². The van der Waals surface area contributed by atoms with E-state index >= 15 is 0 Å². The number of nitrogens with one attached hydrogen (secondary N) is 1. The van der Waals surface area contributed by atoms with Crippen LogP contribution in [0.25, 0.3) is 0 Å². The molecule has 11 heteroatoms. The Morgan fingerprint density at radius 2 is 1.93 bits per heavy atom. The molecule has 8 nitrogen and oxygen atoms in total. The molecule has 1 aliphatic heterocycles. The molecule has 29 heavy (non-hydrogen) atoms. The van der Waals surface area contributed by atoms with Crippen LogP contribution in [0.3, 0.4) is 0 Å². The van der Waals surface area contributed by atoms with Crippen molar-refractivity contribution in [2.75, 3.05) is 19.7 Å². The van der Waals surface area contributed by atoms with Gasteiger partial charge >= 0.3 is 6.18 Å². The van der Waals surface area contributed by atoms with E-state index in [1.165, 1.54) is 0 Å². The molecule has 0 radical (unpaired) electrons. The summed E-state index contributed by atoms with van der Waals surface area (Å²) in [7, 11) is 0. The van der Waals surface area contributed by atoms with E-state index in [1.54, 1.807) is 18.7 Å². The molecule has 1 aromatic carbocycles. The summed E-state index contributed by atoms with van der Waals surface area (Å²) in [6, 6.07) is 2.57. The molecular formula is C18H22F3N3O5. The lowest BCUT2D eigenvalue weighted by atomic mass is 10.0. The lowest BCUT2D eigenvalue weighted by Crippen LogP contribution is -2.47. The minimum absolute atomic E-state index is 0.0138. The third-order valence-electron chi connectivity index (χ3n) is 4.45. The number of hydrogen-bond acceptors (Lipinski definition) is 5. The first-order valence-corrected chi connectivity index (χ1v) is 9.05. The van der Waals surface area contributed by atoms with Crippen LogP contribution < -0.4 is 10.1 Å². The van der Waals surface area contributed by atoms with Gasteiger partial charge in [0, 0.05) is 31.1 Å². The molecule has 2 rings (SSSR count). The fourth-order valence-electron chi connectivity index (χ4n) is 2.98. The van der Waals surface area contributed by atoms with Gasteiger partial charge in [-0.2, -0.15) is 13.2 Å². The quantitative estimate of drug-likeness (QED) is 0.567. The van der Waals surface area contributed by atoms with Gasteiger partial charge in [0.1, 0.15) is 11.3 Å². The summed E-state index contributed by atoms with van der Waals surface area (Å²) in [6.45, 7) is 2.90. The van der Waals surface area contributed by atoms with Crippen LogP contribution in [-0.2, 0) is 4.79 Å². The van der Waals surface area contributed by atoms with Crippen LogP contribution in [-0.4, -0.2) is 53.6 Å². The number of nitro benzene ring substituents is 1. The predicted molar refractivity (Wildman–Crippen MR) is 96.6 cm³/mol. The first-order chi connectivity index (χ1) is 13.5. The van der Waals surface area contributed by atoms with Gasteiger partial charge in [-0.05, 0) is 25.0 Å². The van der Waals surface area contributed by atoms with Crippen LogP contribution >= 0.6 is 0 Å². The standard InChI is InChI=1S/C18H22F3N3O5/c1-11(2)17(26)23-7-5-12(6-8-23)22-16(25)14-9-13(29-10-18(19,20)21)3-4-15(14)24(27)28/h3-4,9,11-12H,5-8,10H2,1-2H3,(H,22,25). The number of hydrogen-bond donors (Lipinski definition) is 1. The number of nitro groups is 1. The second-order valence-corrected chi connectivity index (χ2v) is 7.07. The Kier molecular flexibility index (Phi) is 7.04. The van der Waals surface area contributed by atoms with Gasteiger partial charge in [0.05, 0.1) is 4.92 Å². The molecule has 1 heterocycles. The van der Waals surface area contributed by atoms with Gasteiger partial charge in [0.15, 0.2) is 6.61 Å². The summed E-state index contributed by atoms with van der Waals surface area (Å²) in [4.78, 5) is 36.6. The van der Waals surface area contributed by atoms with Crippen LogP contribution in [0.2, 0.25) is 0 Å². The number of alkyl halides is 3. The van der Waals surface area contributed by atoms with Crippen molar-refractivity contribution in [3.05, 3.63) is 33.9 Å².